The van der Waals surface area contributed by atoms with E-state index in [-0.39, 0.29) is 23.7 Å². The van der Waals surface area contributed by atoms with E-state index >= 15 is 0 Å². The molecular weight excluding hydrogens is 358 g/mol. The minimum atomic E-state index is -0.586. The number of carbonyl (C=O) groups is 2. The average molecular weight is 392 g/mol. The third kappa shape index (κ3) is 6.73. The van der Waals surface area contributed by atoms with Crippen molar-refractivity contribution in [1.29, 1.82) is 0 Å². The summed E-state index contributed by atoms with van der Waals surface area (Å²) < 4.78 is 11.1. The van der Waals surface area contributed by atoms with Crippen LogP contribution in [-0.2, 0) is 20.7 Å². The maximum Gasteiger partial charge on any atom is 0.410 e. The van der Waals surface area contributed by atoms with Crippen molar-refractivity contribution in [2.24, 2.45) is 11.8 Å². The van der Waals surface area contributed by atoms with Crippen LogP contribution in [-0.4, -0.2) is 46.4 Å². The van der Waals surface area contributed by atoms with Gasteiger partial charge in [-0.2, -0.15) is 0 Å². The highest BCUT2D eigenvalue weighted by Gasteiger charge is 2.39. The topological polar surface area (TPSA) is 76.1 Å². The van der Waals surface area contributed by atoms with Crippen LogP contribution in [0.4, 0.5) is 4.79 Å². The summed E-state index contributed by atoms with van der Waals surface area (Å²) >= 11 is 0. The summed E-state index contributed by atoms with van der Waals surface area (Å²) in [6, 6.07) is 6.92. The Bertz CT molecular complexity index is 702. The maximum absolute atomic E-state index is 12.9. The Kier molecular flexibility index (Phi) is 6.63. The third-order valence-corrected chi connectivity index (χ3v) is 4.52. The lowest BCUT2D eigenvalue weighted by Crippen LogP contribution is -2.38. The average Bonchev–Trinajstić information content (AvgIpc) is 2.99. The van der Waals surface area contributed by atoms with Crippen molar-refractivity contribution in [3.63, 3.8) is 0 Å². The normalized spacial score (nSPS) is 18.6. The molecule has 1 N–H and O–H groups in total. The van der Waals surface area contributed by atoms with Gasteiger partial charge in [0.1, 0.15) is 17.0 Å². The molecule has 0 aliphatic carbocycles. The molecule has 28 heavy (non-hydrogen) atoms. The minimum absolute atomic E-state index is 0.0234. The van der Waals surface area contributed by atoms with Gasteiger partial charge in [0.25, 0.3) is 0 Å². The number of hydrogen-bond donors (Lipinski definition) is 1. The van der Waals surface area contributed by atoms with E-state index in [4.69, 9.17) is 9.47 Å². The van der Waals surface area contributed by atoms with Gasteiger partial charge >= 0.3 is 12.1 Å². The van der Waals surface area contributed by atoms with Crippen LogP contribution in [0.15, 0.2) is 24.3 Å². The zero-order chi connectivity index (χ0) is 21.1. The van der Waals surface area contributed by atoms with Crippen molar-refractivity contribution in [1.82, 2.24) is 4.90 Å². The van der Waals surface area contributed by atoms with Crippen LogP contribution in [0.1, 0.15) is 53.5 Å². The van der Waals surface area contributed by atoms with Crippen LogP contribution < -0.4 is 0 Å². The van der Waals surface area contributed by atoms with E-state index in [0.29, 0.717) is 25.9 Å². The molecule has 0 saturated carbocycles. The smallest absolute Gasteiger partial charge is 0.410 e. The van der Waals surface area contributed by atoms with Gasteiger partial charge in [-0.15, -0.1) is 0 Å². The number of benzene rings is 1. The van der Waals surface area contributed by atoms with Gasteiger partial charge in [0.2, 0.25) is 0 Å². The molecular formula is C22H33NO5. The second-order valence-electron chi connectivity index (χ2n) is 9.49. The molecule has 1 aromatic rings. The summed E-state index contributed by atoms with van der Waals surface area (Å²) in [5, 5.41) is 9.75. The van der Waals surface area contributed by atoms with Crippen molar-refractivity contribution < 1.29 is 24.2 Å². The van der Waals surface area contributed by atoms with Gasteiger partial charge in [0.05, 0.1) is 5.92 Å². The molecule has 2 atom stereocenters. The molecule has 1 saturated heterocycles. The summed E-state index contributed by atoms with van der Waals surface area (Å²) in [4.78, 5) is 27.0. The van der Waals surface area contributed by atoms with E-state index in [2.05, 4.69) is 0 Å². The lowest BCUT2D eigenvalue weighted by Gasteiger charge is -2.28. The van der Waals surface area contributed by atoms with Crippen LogP contribution in [0.2, 0.25) is 0 Å². The second-order valence-corrected chi connectivity index (χ2v) is 9.49. The molecule has 1 aliphatic rings. The van der Waals surface area contributed by atoms with Crippen molar-refractivity contribution in [2.45, 2.75) is 65.6 Å². The molecule has 0 unspecified atom stereocenters. The number of amides is 1. The lowest BCUT2D eigenvalue weighted by atomic mass is 9.86. The number of rotatable bonds is 4. The highest BCUT2D eigenvalue weighted by molar-refractivity contribution is 5.74. The van der Waals surface area contributed by atoms with Gasteiger partial charge < -0.3 is 19.5 Å². The number of phenolic OH excluding ortho intramolecular Hbond substituents is 1. The highest BCUT2D eigenvalue weighted by Crippen LogP contribution is 2.31. The number of phenols is 1. The molecule has 1 fully saturated rings. The number of hydrogen-bond acceptors (Lipinski definition) is 5. The Morgan fingerprint density at radius 3 is 2.36 bits per heavy atom. The molecule has 1 aromatic carbocycles. The minimum Gasteiger partial charge on any atom is -0.508 e. The SMILES string of the molecule is CC(C)(C)OC(=O)[C@H](Cc1cccc(O)c1)[C@@H]1CCN(C(=O)OC(C)(C)C)C1. The summed E-state index contributed by atoms with van der Waals surface area (Å²) in [5.74, 6) is -0.521. The zero-order valence-corrected chi connectivity index (χ0v) is 17.8. The fraction of sp³-hybridized carbons (Fsp3) is 0.636. The largest absolute Gasteiger partial charge is 0.508 e. The lowest BCUT2D eigenvalue weighted by molar-refractivity contribution is -0.161. The molecule has 1 aliphatic heterocycles. The fourth-order valence-electron chi connectivity index (χ4n) is 3.37. The number of carbonyl (C=O) groups excluding carboxylic acids is 2. The monoisotopic (exact) mass is 391 g/mol. The van der Waals surface area contributed by atoms with Crippen LogP contribution in [0.3, 0.4) is 0 Å². The van der Waals surface area contributed by atoms with Crippen molar-refractivity contribution in [2.75, 3.05) is 13.1 Å². The Hall–Kier alpha value is -2.24. The van der Waals surface area contributed by atoms with Gasteiger partial charge in [0, 0.05) is 13.1 Å². The van der Waals surface area contributed by atoms with Gasteiger partial charge in [-0.05, 0) is 78.0 Å². The Labute approximate surface area is 167 Å². The standard InChI is InChI=1S/C22H33NO5/c1-21(2,3)27-19(25)18(13-15-8-7-9-17(24)12-15)16-10-11-23(14-16)20(26)28-22(4,5)6/h7-9,12,16,18,24H,10-11,13-14H2,1-6H3/t16-,18-/m1/s1. The number of aromatic hydroxyl groups is 1. The molecule has 2 rings (SSSR count). The molecule has 0 bridgehead atoms. The fourth-order valence-corrected chi connectivity index (χ4v) is 3.37. The van der Waals surface area contributed by atoms with E-state index in [9.17, 15) is 14.7 Å². The first-order chi connectivity index (χ1) is 12.8. The summed E-state index contributed by atoms with van der Waals surface area (Å²) in [7, 11) is 0. The first kappa shape index (κ1) is 22.1. The predicted octanol–water partition coefficient (Wildman–Crippen LogP) is 4.15. The van der Waals surface area contributed by atoms with Crippen molar-refractivity contribution >= 4 is 12.1 Å². The molecule has 0 aromatic heterocycles. The molecule has 0 spiro atoms. The quantitative estimate of drug-likeness (QED) is 0.781. The van der Waals surface area contributed by atoms with Gasteiger partial charge in [-0.1, -0.05) is 12.1 Å². The van der Waals surface area contributed by atoms with Gasteiger partial charge in [-0.3, -0.25) is 4.79 Å². The van der Waals surface area contributed by atoms with E-state index in [1.54, 1.807) is 23.1 Å². The van der Waals surface area contributed by atoms with Gasteiger partial charge in [0.15, 0.2) is 0 Å². The Balaban J connectivity index is 2.15. The zero-order valence-electron chi connectivity index (χ0n) is 17.8. The Morgan fingerprint density at radius 1 is 1.14 bits per heavy atom. The van der Waals surface area contributed by atoms with Crippen LogP contribution >= 0.6 is 0 Å². The van der Waals surface area contributed by atoms with Crippen molar-refractivity contribution in [3.8, 4) is 5.75 Å². The molecule has 156 valence electrons. The predicted molar refractivity (Wildman–Crippen MR) is 107 cm³/mol. The third-order valence-electron chi connectivity index (χ3n) is 4.52. The summed E-state index contributed by atoms with van der Waals surface area (Å²) in [6.07, 6.45) is 0.813. The van der Waals surface area contributed by atoms with Crippen LogP contribution in [0, 0.1) is 11.8 Å². The van der Waals surface area contributed by atoms with Crippen molar-refractivity contribution in [3.05, 3.63) is 29.8 Å². The van der Waals surface area contributed by atoms with E-state index in [0.717, 1.165) is 5.56 Å². The van der Waals surface area contributed by atoms with E-state index in [1.807, 2.05) is 47.6 Å². The summed E-state index contributed by atoms with van der Waals surface area (Å²) in [6.45, 7) is 12.1. The van der Waals surface area contributed by atoms with E-state index < -0.39 is 17.1 Å². The summed E-state index contributed by atoms with van der Waals surface area (Å²) in [5.41, 5.74) is -0.273. The first-order valence-electron chi connectivity index (χ1n) is 9.83. The number of likely N-dealkylation sites (tertiary alicyclic amines) is 1. The second kappa shape index (κ2) is 8.41. The molecule has 1 amide bonds. The molecule has 1 heterocycles. The molecule has 0 radical (unpaired) electrons. The van der Waals surface area contributed by atoms with Crippen LogP contribution in [0.5, 0.6) is 5.75 Å². The highest BCUT2D eigenvalue weighted by atomic mass is 16.6. The number of esters is 1. The van der Waals surface area contributed by atoms with Crippen LogP contribution in [0.25, 0.3) is 0 Å². The molecule has 6 nitrogen and oxygen atoms in total. The number of nitrogens with zero attached hydrogens (tertiary/aromatic N) is 1. The van der Waals surface area contributed by atoms with E-state index in [1.165, 1.54) is 0 Å². The Morgan fingerprint density at radius 2 is 1.79 bits per heavy atom. The maximum atomic E-state index is 12.9. The molecule has 6 heteroatoms. The number of ether oxygens (including phenoxy) is 2. The first-order valence-corrected chi connectivity index (χ1v) is 9.83. The van der Waals surface area contributed by atoms with Gasteiger partial charge in [-0.25, -0.2) is 4.79 Å².